The fourth-order valence-electron chi connectivity index (χ4n) is 1.29. The minimum Gasteiger partial charge on any atom is -0.506 e. The molecule has 107 valence electrons. The summed E-state index contributed by atoms with van der Waals surface area (Å²) in [5, 5.41) is 8.82. The molecule has 20 heavy (non-hydrogen) atoms. The Hall–Kier alpha value is -0.698. The highest BCUT2D eigenvalue weighted by atomic mass is 35.7. The molecule has 1 radical (unpaired) electrons. The molecular formula is C12H11AlCl3O4. The maximum atomic E-state index is 11.2. The van der Waals surface area contributed by atoms with Crippen LogP contribution >= 0.6 is 31.7 Å². The summed E-state index contributed by atoms with van der Waals surface area (Å²) in [6, 6.07) is 6.25. The van der Waals surface area contributed by atoms with Crippen LogP contribution in [0.3, 0.4) is 0 Å². The highest BCUT2D eigenvalue weighted by Gasteiger charge is 2.19. The quantitative estimate of drug-likeness (QED) is 0.225. The lowest BCUT2D eigenvalue weighted by molar-refractivity contribution is -0.117. The second-order valence-corrected chi connectivity index (χ2v) is 5.85. The van der Waals surface area contributed by atoms with Crippen LogP contribution in [0.1, 0.15) is 12.5 Å². The summed E-state index contributed by atoms with van der Waals surface area (Å²) in [5.74, 6) is -0.415. The number of methoxy groups -OCH3 is 1. The van der Waals surface area contributed by atoms with E-state index in [0.717, 1.165) is 6.92 Å². The number of Topliss-reactive ketones (excluding diaryl/α,β-unsaturated/α-hetero) is 1. The van der Waals surface area contributed by atoms with E-state index in [4.69, 9.17) is 36.4 Å². The van der Waals surface area contributed by atoms with Crippen molar-refractivity contribution in [2.75, 3.05) is 7.11 Å². The number of rotatable bonds is 4. The number of allylic oxidation sites excluding steroid dienone is 1. The fraction of sp³-hybridized carbons (Fsp3) is 0.167. The number of ether oxygens (including phenoxy) is 1. The van der Waals surface area contributed by atoms with Crippen molar-refractivity contribution in [3.05, 3.63) is 35.4 Å². The summed E-state index contributed by atoms with van der Waals surface area (Å²) in [4.78, 5) is 22.2. The van der Waals surface area contributed by atoms with Crippen molar-refractivity contribution in [3.8, 4) is 5.75 Å². The Morgan fingerprint density at radius 3 is 1.95 bits per heavy atom. The van der Waals surface area contributed by atoms with Crippen LogP contribution in [0, 0.1) is 0 Å². The van der Waals surface area contributed by atoms with E-state index in [2.05, 4.69) is 0 Å². The first-order valence-electron chi connectivity index (χ1n) is 5.19. The van der Waals surface area contributed by atoms with Gasteiger partial charge in [-0.25, -0.2) is 20.1 Å². The molecule has 8 heteroatoms. The van der Waals surface area contributed by atoms with Gasteiger partial charge in [0.05, 0.1) is 7.11 Å². The number of carbonyl (C=O) groups excluding carboxylic acids is 2. The van der Waals surface area contributed by atoms with Gasteiger partial charge in [0, 0.05) is 5.56 Å². The first-order chi connectivity index (χ1) is 9.38. The van der Waals surface area contributed by atoms with Gasteiger partial charge in [-0.15, -0.1) is 0 Å². The number of ketones is 1. The molecule has 4 nitrogen and oxygen atoms in total. The molecule has 0 amide bonds. The van der Waals surface area contributed by atoms with Crippen molar-refractivity contribution in [1.29, 1.82) is 0 Å². The lowest BCUT2D eigenvalue weighted by Crippen LogP contribution is -2.07. The molecule has 0 spiro atoms. The zero-order valence-electron chi connectivity index (χ0n) is 10.7. The smallest absolute Gasteiger partial charge is 0.495 e. The molecule has 0 aromatic heterocycles. The zero-order chi connectivity index (χ0) is 15.7. The predicted molar refractivity (Wildman–Crippen MR) is 81.5 cm³/mol. The van der Waals surface area contributed by atoms with Gasteiger partial charge in [0.2, 0.25) is 0 Å². The summed E-state index contributed by atoms with van der Waals surface area (Å²) in [5.41, 5.74) is -0.0955. The van der Waals surface area contributed by atoms with Gasteiger partial charge in [-0.05, 0) is 42.8 Å². The minimum absolute atomic E-state index is 0.306. The van der Waals surface area contributed by atoms with E-state index in [-0.39, 0.29) is 13.4 Å². The molecule has 1 aromatic rings. The van der Waals surface area contributed by atoms with Crippen molar-refractivity contribution in [1.82, 2.24) is 0 Å². The molecular weight excluding hydrogens is 341 g/mol. The summed E-state index contributed by atoms with van der Waals surface area (Å²) in [6.45, 7) is 1.16. The highest BCUT2D eigenvalue weighted by molar-refractivity contribution is 7.22. The van der Waals surface area contributed by atoms with Gasteiger partial charge in [-0.1, -0.05) is 0 Å². The molecule has 1 rings (SSSR count). The van der Waals surface area contributed by atoms with Gasteiger partial charge >= 0.3 is 13.4 Å². The molecule has 0 bridgehead atoms. The Bertz CT molecular complexity index is 484. The molecule has 0 unspecified atom stereocenters. The third kappa shape index (κ3) is 6.17. The van der Waals surface area contributed by atoms with Crippen LogP contribution in [-0.2, 0) is 9.59 Å². The Balaban J connectivity index is 0.00000110. The van der Waals surface area contributed by atoms with E-state index in [1.165, 1.54) is 19.2 Å². The first kappa shape index (κ1) is 19.3. The molecule has 1 N–H and O–H groups in total. The zero-order valence-corrected chi connectivity index (χ0v) is 14.1. The van der Waals surface area contributed by atoms with Crippen LogP contribution in [0.2, 0.25) is 0 Å². The largest absolute Gasteiger partial charge is 0.506 e. The SMILES string of the molecule is COc1ccc(/C(O)=C(/C(C)=O)C(=O)Cl)cc1.[Cl][Al][Cl]. The summed E-state index contributed by atoms with van der Waals surface area (Å²) in [7, 11) is 11.2. The van der Waals surface area contributed by atoms with E-state index >= 15 is 0 Å². The molecule has 0 aliphatic rings. The topological polar surface area (TPSA) is 63.6 Å². The molecule has 0 saturated carbocycles. The van der Waals surface area contributed by atoms with Gasteiger partial charge in [-0.3, -0.25) is 9.59 Å². The predicted octanol–water partition coefficient (Wildman–Crippen LogP) is 3.32. The maximum absolute atomic E-state index is 11.2. The normalized spacial score (nSPS) is 10.7. The van der Waals surface area contributed by atoms with Crippen molar-refractivity contribution in [2.45, 2.75) is 6.92 Å². The van der Waals surface area contributed by atoms with Crippen LogP contribution < -0.4 is 4.74 Å². The van der Waals surface area contributed by atoms with Gasteiger partial charge in [0.25, 0.3) is 5.24 Å². The highest BCUT2D eigenvalue weighted by Crippen LogP contribution is 2.21. The molecule has 0 atom stereocenters. The number of aliphatic hydroxyl groups excluding tert-OH is 1. The standard InChI is InChI=1S/C12H11ClO4.Al.2ClH/c1-7(14)10(12(13)16)11(15)8-3-5-9(17-2)6-4-8;;;/h3-6,15H,1-2H3;;2*1H/q;+2;;/p-2/b11-10+;;;. The van der Waals surface area contributed by atoms with Gasteiger partial charge in [0.15, 0.2) is 5.78 Å². The number of hydrogen-bond acceptors (Lipinski definition) is 4. The average Bonchev–Trinajstić information content (AvgIpc) is 2.39. The Morgan fingerprint density at radius 1 is 1.20 bits per heavy atom. The minimum atomic E-state index is -0.981. The Kier molecular flexibility index (Phi) is 9.74. The Labute approximate surface area is 136 Å². The van der Waals surface area contributed by atoms with Crippen LogP contribution in [0.25, 0.3) is 5.76 Å². The summed E-state index contributed by atoms with van der Waals surface area (Å²) < 4.78 is 4.95. The van der Waals surface area contributed by atoms with Crippen LogP contribution in [0.5, 0.6) is 5.75 Å². The maximum Gasteiger partial charge on any atom is 0.495 e. The number of aliphatic hydroxyl groups is 1. The summed E-state index contributed by atoms with van der Waals surface area (Å²) in [6.07, 6.45) is 0. The van der Waals surface area contributed by atoms with E-state index in [0.29, 0.717) is 11.3 Å². The second-order valence-electron chi connectivity index (χ2n) is 3.36. The summed E-state index contributed by atoms with van der Waals surface area (Å²) >= 11 is 4.93. The van der Waals surface area contributed by atoms with Crippen molar-refractivity contribution in [2.24, 2.45) is 0 Å². The third-order valence-electron chi connectivity index (χ3n) is 2.15. The van der Waals surface area contributed by atoms with E-state index in [1.807, 2.05) is 0 Å². The van der Waals surface area contributed by atoms with Crippen LogP contribution in [0.4, 0.5) is 0 Å². The molecule has 0 aliphatic heterocycles. The molecule has 0 heterocycles. The molecule has 1 aromatic carbocycles. The first-order valence-corrected chi connectivity index (χ1v) is 9.06. The molecule has 0 aliphatic carbocycles. The van der Waals surface area contributed by atoms with Crippen molar-refractivity contribution in [3.63, 3.8) is 0 Å². The second kappa shape index (κ2) is 10.1. The number of halogens is 3. The number of carbonyl (C=O) groups is 2. The van der Waals surface area contributed by atoms with Crippen LogP contribution in [-0.4, -0.2) is 36.6 Å². The Morgan fingerprint density at radius 2 is 1.65 bits per heavy atom. The van der Waals surface area contributed by atoms with Crippen LogP contribution in [0.15, 0.2) is 29.8 Å². The van der Waals surface area contributed by atoms with Gasteiger partial charge < -0.3 is 9.84 Å². The average molecular weight is 353 g/mol. The third-order valence-corrected chi connectivity index (χ3v) is 2.34. The van der Waals surface area contributed by atoms with Gasteiger partial charge in [-0.2, -0.15) is 0 Å². The van der Waals surface area contributed by atoms with E-state index < -0.39 is 22.4 Å². The number of benzene rings is 1. The van der Waals surface area contributed by atoms with Crippen molar-refractivity contribution < 1.29 is 19.4 Å². The van der Waals surface area contributed by atoms with E-state index in [9.17, 15) is 14.7 Å². The molecule has 0 saturated heterocycles. The monoisotopic (exact) mass is 351 g/mol. The lowest BCUT2D eigenvalue weighted by atomic mass is 10.1. The number of hydrogen-bond donors (Lipinski definition) is 1. The van der Waals surface area contributed by atoms with Crippen molar-refractivity contribution >= 4 is 61.9 Å². The molecule has 0 fully saturated rings. The van der Waals surface area contributed by atoms with Gasteiger partial charge in [0.1, 0.15) is 17.1 Å². The lowest BCUT2D eigenvalue weighted by Gasteiger charge is -2.05. The fourth-order valence-corrected chi connectivity index (χ4v) is 1.51. The van der Waals surface area contributed by atoms with E-state index in [1.54, 1.807) is 12.1 Å².